The molecule has 0 saturated carbocycles. The van der Waals surface area contributed by atoms with Crippen molar-refractivity contribution < 1.29 is 9.13 Å². The van der Waals surface area contributed by atoms with E-state index in [-0.39, 0.29) is 0 Å². The third-order valence-electron chi connectivity index (χ3n) is 4.81. The van der Waals surface area contributed by atoms with Gasteiger partial charge in [-0.1, -0.05) is 12.1 Å². The number of aromatic nitrogens is 2. The largest absolute Gasteiger partial charge is 0.388 e. The van der Waals surface area contributed by atoms with Crippen LogP contribution >= 0.6 is 0 Å². The lowest BCUT2D eigenvalue weighted by Crippen LogP contribution is -2.29. The van der Waals surface area contributed by atoms with Crippen molar-refractivity contribution in [1.82, 2.24) is 0 Å². The number of hydrogen-bond acceptors (Lipinski definition) is 1. The molecule has 4 rings (SSSR count). The molecule has 0 aliphatic carbocycles. The molecule has 0 amide bonds. The van der Waals surface area contributed by atoms with E-state index in [4.69, 9.17) is 0 Å². The van der Waals surface area contributed by atoms with Crippen molar-refractivity contribution in [2.75, 3.05) is 12.4 Å². The van der Waals surface area contributed by atoms with Crippen LogP contribution in [0.15, 0.2) is 97.6 Å². The summed E-state index contributed by atoms with van der Waals surface area (Å²) < 4.78 is 4.18. The Morgan fingerprint density at radius 2 is 1.00 bits per heavy atom. The van der Waals surface area contributed by atoms with Gasteiger partial charge in [0.05, 0.1) is 0 Å². The molecule has 2 aromatic heterocycles. The molecule has 3 heteroatoms. The lowest BCUT2D eigenvalue weighted by Gasteiger charge is -2.05. The zero-order chi connectivity index (χ0) is 18.6. The Kier molecular flexibility index (Phi) is 4.67. The predicted molar refractivity (Wildman–Crippen MR) is 110 cm³/mol. The fourth-order valence-corrected chi connectivity index (χ4v) is 3.14. The molecule has 3 nitrogen and oxygen atoms in total. The minimum atomic E-state index is 1.12. The predicted octanol–water partition coefficient (Wildman–Crippen LogP) is 4.16. The molecule has 0 atom stereocenters. The first-order valence-electron chi connectivity index (χ1n) is 9.08. The van der Waals surface area contributed by atoms with Gasteiger partial charge in [0, 0.05) is 49.1 Å². The summed E-state index contributed by atoms with van der Waals surface area (Å²) in [7, 11) is 3.96. The lowest BCUT2D eigenvalue weighted by molar-refractivity contribution is -0.671. The smallest absolute Gasteiger partial charge is 0.210 e. The van der Waals surface area contributed by atoms with Crippen LogP contribution in [0.2, 0.25) is 0 Å². The molecule has 1 N–H and O–H groups in total. The molecular weight excluding hydrogens is 330 g/mol. The second kappa shape index (κ2) is 7.42. The van der Waals surface area contributed by atoms with Crippen molar-refractivity contribution in [3.63, 3.8) is 0 Å². The van der Waals surface area contributed by atoms with Gasteiger partial charge in [0.15, 0.2) is 24.8 Å². The monoisotopic (exact) mass is 353 g/mol. The zero-order valence-electron chi connectivity index (χ0n) is 15.6. The van der Waals surface area contributed by atoms with Gasteiger partial charge in [0.1, 0.15) is 7.05 Å². The normalized spacial score (nSPS) is 10.6. The Labute approximate surface area is 160 Å². The lowest BCUT2D eigenvalue weighted by atomic mass is 10.0. The van der Waals surface area contributed by atoms with E-state index in [1.54, 1.807) is 0 Å². The number of nitrogens with one attached hydrogen (secondary N) is 1. The summed E-state index contributed by atoms with van der Waals surface area (Å²) in [5.74, 6) is 0. The first-order chi connectivity index (χ1) is 13.2. The van der Waals surface area contributed by atoms with E-state index in [0.717, 1.165) is 11.4 Å². The standard InChI is InChI=1S/C24H22N3/c1-25-23-7-3-19(4-8-23)20-5-9-24(10-6-20)27-17-13-22(14-18-27)21-11-15-26(2)16-12-21/h3-18H,1-2H3/q+1/p+1. The molecule has 132 valence electrons. The summed E-state index contributed by atoms with van der Waals surface area (Å²) in [5, 5.41) is 3.15. The maximum absolute atomic E-state index is 3.15. The van der Waals surface area contributed by atoms with Crippen molar-refractivity contribution in [3.05, 3.63) is 97.6 Å². The number of benzene rings is 2. The Morgan fingerprint density at radius 3 is 1.52 bits per heavy atom. The molecular formula is C24H23N3+2. The number of aryl methyl sites for hydroxylation is 1. The number of pyridine rings is 2. The van der Waals surface area contributed by atoms with Crippen LogP contribution in [-0.2, 0) is 7.05 Å². The van der Waals surface area contributed by atoms with E-state index >= 15 is 0 Å². The molecule has 0 radical (unpaired) electrons. The van der Waals surface area contributed by atoms with Gasteiger partial charge in [0.25, 0.3) is 0 Å². The highest BCUT2D eigenvalue weighted by atomic mass is 14.9. The maximum atomic E-state index is 3.15. The third kappa shape index (κ3) is 3.72. The Morgan fingerprint density at radius 1 is 0.556 bits per heavy atom. The van der Waals surface area contributed by atoms with Crippen molar-refractivity contribution in [2.24, 2.45) is 7.05 Å². The van der Waals surface area contributed by atoms with Crippen LogP contribution < -0.4 is 14.5 Å². The van der Waals surface area contributed by atoms with Crippen LogP contribution in [0.1, 0.15) is 0 Å². The molecule has 2 heterocycles. The average Bonchev–Trinajstić information content (AvgIpc) is 2.75. The van der Waals surface area contributed by atoms with E-state index in [2.05, 4.69) is 107 Å². The average molecular weight is 353 g/mol. The molecule has 0 bridgehead atoms. The number of hydrogen-bond donors (Lipinski definition) is 1. The van der Waals surface area contributed by atoms with Crippen LogP contribution in [0.4, 0.5) is 5.69 Å². The second-order valence-corrected chi connectivity index (χ2v) is 6.62. The van der Waals surface area contributed by atoms with Crippen molar-refractivity contribution in [2.45, 2.75) is 0 Å². The molecule has 0 saturated heterocycles. The summed E-state index contributed by atoms with van der Waals surface area (Å²) in [6.45, 7) is 0. The van der Waals surface area contributed by atoms with Crippen LogP contribution in [-0.4, -0.2) is 7.05 Å². The van der Waals surface area contributed by atoms with Crippen LogP contribution in [0.25, 0.3) is 27.9 Å². The van der Waals surface area contributed by atoms with E-state index in [1.807, 2.05) is 18.7 Å². The van der Waals surface area contributed by atoms with Gasteiger partial charge in [0.2, 0.25) is 5.69 Å². The molecule has 27 heavy (non-hydrogen) atoms. The van der Waals surface area contributed by atoms with Gasteiger partial charge in [-0.15, -0.1) is 0 Å². The molecule has 4 aromatic rings. The van der Waals surface area contributed by atoms with Crippen LogP contribution in [0.5, 0.6) is 0 Å². The summed E-state index contributed by atoms with van der Waals surface area (Å²) in [4.78, 5) is 0. The van der Waals surface area contributed by atoms with Gasteiger partial charge in [-0.25, -0.2) is 4.57 Å². The number of rotatable bonds is 4. The molecule has 0 unspecified atom stereocenters. The van der Waals surface area contributed by atoms with E-state index < -0.39 is 0 Å². The van der Waals surface area contributed by atoms with Crippen molar-refractivity contribution >= 4 is 5.69 Å². The van der Waals surface area contributed by atoms with Crippen LogP contribution in [0.3, 0.4) is 0 Å². The van der Waals surface area contributed by atoms with Gasteiger partial charge in [-0.3, -0.25) is 0 Å². The van der Waals surface area contributed by atoms with Gasteiger partial charge >= 0.3 is 0 Å². The fraction of sp³-hybridized carbons (Fsp3) is 0.0833. The summed E-state index contributed by atoms with van der Waals surface area (Å²) >= 11 is 0. The quantitative estimate of drug-likeness (QED) is 0.546. The summed E-state index contributed by atoms with van der Waals surface area (Å²) in [6.07, 6.45) is 8.36. The van der Waals surface area contributed by atoms with Crippen LogP contribution in [0, 0.1) is 0 Å². The summed E-state index contributed by atoms with van der Waals surface area (Å²) in [5.41, 5.74) is 7.15. The zero-order valence-corrected chi connectivity index (χ0v) is 15.6. The Bertz CT molecular complexity index is 1020. The second-order valence-electron chi connectivity index (χ2n) is 6.62. The first kappa shape index (κ1) is 17.0. The Balaban J connectivity index is 1.55. The third-order valence-corrected chi connectivity index (χ3v) is 4.81. The van der Waals surface area contributed by atoms with E-state index in [9.17, 15) is 0 Å². The molecule has 0 aliphatic rings. The SMILES string of the molecule is CNc1ccc(-c2ccc(-[n+]3ccc(-c4cc[n+](C)cc4)cc3)cc2)cc1. The van der Waals surface area contributed by atoms with E-state index in [1.165, 1.54) is 22.3 Å². The topological polar surface area (TPSA) is 19.8 Å². The number of nitrogens with zero attached hydrogens (tertiary/aromatic N) is 2. The molecule has 0 aliphatic heterocycles. The molecule has 2 aromatic carbocycles. The molecule has 0 fully saturated rings. The fourth-order valence-electron chi connectivity index (χ4n) is 3.14. The number of anilines is 1. The van der Waals surface area contributed by atoms with E-state index in [0.29, 0.717) is 0 Å². The van der Waals surface area contributed by atoms with Crippen molar-refractivity contribution in [1.29, 1.82) is 0 Å². The highest BCUT2D eigenvalue weighted by Crippen LogP contribution is 2.22. The summed E-state index contributed by atoms with van der Waals surface area (Å²) in [6, 6.07) is 25.7. The van der Waals surface area contributed by atoms with Gasteiger partial charge in [-0.2, -0.15) is 4.57 Å². The van der Waals surface area contributed by atoms with Gasteiger partial charge in [-0.05, 0) is 46.5 Å². The first-order valence-corrected chi connectivity index (χ1v) is 9.08. The highest BCUT2D eigenvalue weighted by Gasteiger charge is 2.08. The molecule has 0 spiro atoms. The van der Waals surface area contributed by atoms with Gasteiger partial charge < -0.3 is 5.32 Å². The van der Waals surface area contributed by atoms with Crippen molar-refractivity contribution in [3.8, 4) is 27.9 Å². The Hall–Kier alpha value is -3.46. The maximum Gasteiger partial charge on any atom is 0.210 e. The minimum absolute atomic E-state index is 1.12. The minimum Gasteiger partial charge on any atom is -0.388 e. The highest BCUT2D eigenvalue weighted by molar-refractivity contribution is 5.66.